The van der Waals surface area contributed by atoms with Crippen LogP contribution in [-0.2, 0) is 14.3 Å². The minimum Gasteiger partial charge on any atom is -0.459 e. The number of alkyl halides is 3. The van der Waals surface area contributed by atoms with Gasteiger partial charge in [0.05, 0.1) is 12.2 Å². The van der Waals surface area contributed by atoms with Crippen molar-refractivity contribution in [1.82, 2.24) is 0 Å². The lowest BCUT2D eigenvalue weighted by molar-refractivity contribution is -0.252. The lowest BCUT2D eigenvalue weighted by Gasteiger charge is -2.37. The third kappa shape index (κ3) is 1.72. The molecule has 0 radical (unpaired) electrons. The number of hydrogen-bond acceptors (Lipinski definition) is 3. The van der Waals surface area contributed by atoms with Crippen LogP contribution in [0.4, 0.5) is 13.2 Å². The van der Waals surface area contributed by atoms with E-state index in [0.29, 0.717) is 6.42 Å². The number of halogens is 3. The molecule has 3 fully saturated rings. The average Bonchev–Trinajstić information content (AvgIpc) is 2.80. The number of fused-ring (bicyclic) bond motifs is 5. The highest BCUT2D eigenvalue weighted by molar-refractivity contribution is 5.80. The highest BCUT2D eigenvalue weighted by atomic mass is 19.4. The first-order valence-electron chi connectivity index (χ1n) is 6.52. The standard InChI is InChI=1S/C13H17F3O3/c1-11(2,3)19-10(17)12(13(14,15)16)5-6-4-7(12)9-8(6)18-9/h6-9H,4-5H2,1-3H3. The summed E-state index contributed by atoms with van der Waals surface area (Å²) in [6.45, 7) is 4.75. The van der Waals surface area contributed by atoms with Gasteiger partial charge in [-0.15, -0.1) is 0 Å². The summed E-state index contributed by atoms with van der Waals surface area (Å²) in [6, 6.07) is 0. The van der Waals surface area contributed by atoms with Crippen molar-refractivity contribution >= 4 is 5.97 Å². The van der Waals surface area contributed by atoms with Crippen LogP contribution in [-0.4, -0.2) is 30.0 Å². The van der Waals surface area contributed by atoms with E-state index in [-0.39, 0.29) is 18.4 Å². The fourth-order valence-corrected chi connectivity index (χ4v) is 3.73. The third-order valence-corrected chi connectivity index (χ3v) is 4.47. The Morgan fingerprint density at radius 3 is 2.32 bits per heavy atom. The zero-order valence-electron chi connectivity index (χ0n) is 11.1. The summed E-state index contributed by atoms with van der Waals surface area (Å²) in [6.07, 6.45) is -4.78. The van der Waals surface area contributed by atoms with E-state index in [1.807, 2.05) is 0 Å². The molecule has 1 heterocycles. The van der Waals surface area contributed by atoms with E-state index in [4.69, 9.17) is 9.47 Å². The quantitative estimate of drug-likeness (QED) is 0.547. The van der Waals surface area contributed by atoms with Crippen molar-refractivity contribution in [3.63, 3.8) is 0 Å². The van der Waals surface area contributed by atoms with Gasteiger partial charge in [-0.1, -0.05) is 0 Å². The average molecular weight is 278 g/mol. The molecule has 0 aromatic heterocycles. The van der Waals surface area contributed by atoms with Crippen LogP contribution < -0.4 is 0 Å². The Balaban J connectivity index is 1.93. The van der Waals surface area contributed by atoms with Crippen LogP contribution in [0.3, 0.4) is 0 Å². The van der Waals surface area contributed by atoms with Gasteiger partial charge in [0.2, 0.25) is 0 Å². The van der Waals surface area contributed by atoms with E-state index in [1.54, 1.807) is 20.8 Å². The Bertz CT molecular complexity index is 426. The number of carbonyl (C=O) groups excluding carboxylic acids is 1. The molecule has 3 nitrogen and oxygen atoms in total. The summed E-state index contributed by atoms with van der Waals surface area (Å²) in [5.41, 5.74) is -3.27. The predicted molar refractivity (Wildman–Crippen MR) is 59.2 cm³/mol. The molecule has 2 bridgehead atoms. The Labute approximate surface area is 109 Å². The maximum atomic E-state index is 13.5. The summed E-state index contributed by atoms with van der Waals surface area (Å²) in [5.74, 6) is -2.05. The minimum atomic E-state index is -4.58. The predicted octanol–water partition coefficient (Wildman–Crippen LogP) is 2.68. The smallest absolute Gasteiger partial charge is 0.405 e. The second-order valence-corrected chi connectivity index (χ2v) is 6.84. The first-order chi connectivity index (χ1) is 8.56. The topological polar surface area (TPSA) is 38.8 Å². The van der Waals surface area contributed by atoms with E-state index in [1.165, 1.54) is 0 Å². The number of hydrogen-bond donors (Lipinski definition) is 0. The third-order valence-electron chi connectivity index (χ3n) is 4.47. The number of esters is 1. The lowest BCUT2D eigenvalue weighted by Crippen LogP contribution is -2.53. The SMILES string of the molecule is CC(C)(C)OC(=O)C1(C(F)(F)F)CC2CC1C1OC21. The van der Waals surface area contributed by atoms with Gasteiger partial charge in [0.15, 0.2) is 5.41 Å². The summed E-state index contributed by atoms with van der Waals surface area (Å²) < 4.78 is 50.9. The Kier molecular flexibility index (Phi) is 2.40. The first-order valence-corrected chi connectivity index (χ1v) is 6.52. The highest BCUT2D eigenvalue weighted by Gasteiger charge is 2.79. The Morgan fingerprint density at radius 2 is 1.89 bits per heavy atom. The molecule has 2 saturated carbocycles. The summed E-state index contributed by atoms with van der Waals surface area (Å²) in [7, 11) is 0. The van der Waals surface area contributed by atoms with Crippen LogP contribution in [0.5, 0.6) is 0 Å². The fourth-order valence-electron chi connectivity index (χ4n) is 3.73. The molecule has 0 aromatic carbocycles. The number of epoxide rings is 1. The second kappa shape index (κ2) is 3.45. The molecule has 5 unspecified atom stereocenters. The van der Waals surface area contributed by atoms with Gasteiger partial charge in [0.1, 0.15) is 5.60 Å². The molecule has 0 amide bonds. The summed E-state index contributed by atoms with van der Waals surface area (Å²) in [5, 5.41) is 0. The van der Waals surface area contributed by atoms with E-state index in [0.717, 1.165) is 0 Å². The molecule has 0 aromatic rings. The molecule has 5 atom stereocenters. The second-order valence-electron chi connectivity index (χ2n) is 6.84. The van der Waals surface area contributed by atoms with Gasteiger partial charge in [-0.25, -0.2) is 0 Å². The molecule has 108 valence electrons. The Hall–Kier alpha value is -0.780. The van der Waals surface area contributed by atoms with Crippen molar-refractivity contribution < 1.29 is 27.4 Å². The molecular formula is C13H17F3O3. The van der Waals surface area contributed by atoms with Gasteiger partial charge in [-0.05, 0) is 39.5 Å². The molecule has 2 aliphatic carbocycles. The van der Waals surface area contributed by atoms with Crippen LogP contribution in [0.1, 0.15) is 33.6 Å². The van der Waals surface area contributed by atoms with Crippen LogP contribution >= 0.6 is 0 Å². The normalized spacial score (nSPS) is 44.1. The monoisotopic (exact) mass is 278 g/mol. The van der Waals surface area contributed by atoms with Crippen molar-refractivity contribution in [2.45, 2.75) is 57.6 Å². The Morgan fingerprint density at radius 1 is 1.26 bits per heavy atom. The van der Waals surface area contributed by atoms with Crippen LogP contribution in [0.2, 0.25) is 0 Å². The maximum absolute atomic E-state index is 13.5. The molecule has 0 N–H and O–H groups in total. The van der Waals surface area contributed by atoms with Crippen LogP contribution in [0, 0.1) is 17.3 Å². The van der Waals surface area contributed by atoms with Crippen molar-refractivity contribution in [3.05, 3.63) is 0 Å². The van der Waals surface area contributed by atoms with Gasteiger partial charge in [-0.2, -0.15) is 13.2 Å². The zero-order valence-corrected chi connectivity index (χ0v) is 11.1. The van der Waals surface area contributed by atoms with Gasteiger partial charge in [-0.3, -0.25) is 4.79 Å². The fraction of sp³-hybridized carbons (Fsp3) is 0.923. The largest absolute Gasteiger partial charge is 0.459 e. The van der Waals surface area contributed by atoms with Gasteiger partial charge in [0.25, 0.3) is 0 Å². The van der Waals surface area contributed by atoms with Gasteiger partial charge >= 0.3 is 12.1 Å². The summed E-state index contributed by atoms with van der Waals surface area (Å²) in [4.78, 5) is 12.2. The van der Waals surface area contributed by atoms with Crippen molar-refractivity contribution in [3.8, 4) is 0 Å². The van der Waals surface area contributed by atoms with Crippen LogP contribution in [0.25, 0.3) is 0 Å². The number of carbonyl (C=O) groups is 1. The molecule has 6 heteroatoms. The highest BCUT2D eigenvalue weighted by Crippen LogP contribution is 2.68. The van der Waals surface area contributed by atoms with E-state index >= 15 is 0 Å². The molecule has 0 spiro atoms. The minimum absolute atomic E-state index is 0.0529. The summed E-state index contributed by atoms with van der Waals surface area (Å²) >= 11 is 0. The molecule has 19 heavy (non-hydrogen) atoms. The molecule has 3 aliphatic rings. The van der Waals surface area contributed by atoms with E-state index in [9.17, 15) is 18.0 Å². The van der Waals surface area contributed by atoms with E-state index < -0.39 is 35.2 Å². The molecule has 3 rings (SSSR count). The van der Waals surface area contributed by atoms with Crippen molar-refractivity contribution in [2.24, 2.45) is 17.3 Å². The van der Waals surface area contributed by atoms with Crippen molar-refractivity contribution in [2.75, 3.05) is 0 Å². The van der Waals surface area contributed by atoms with E-state index in [2.05, 4.69) is 0 Å². The molecular weight excluding hydrogens is 261 g/mol. The maximum Gasteiger partial charge on any atom is 0.405 e. The molecule has 1 saturated heterocycles. The zero-order chi connectivity index (χ0) is 14.2. The van der Waals surface area contributed by atoms with Gasteiger partial charge < -0.3 is 9.47 Å². The number of rotatable bonds is 1. The lowest BCUT2D eigenvalue weighted by atomic mass is 9.72. The number of ether oxygens (including phenoxy) is 2. The van der Waals surface area contributed by atoms with Gasteiger partial charge in [0, 0.05) is 5.92 Å². The first kappa shape index (κ1) is 13.2. The van der Waals surface area contributed by atoms with Crippen LogP contribution in [0.15, 0.2) is 0 Å². The van der Waals surface area contributed by atoms with Crippen molar-refractivity contribution in [1.29, 1.82) is 0 Å². The molecule has 1 aliphatic heterocycles.